The first-order valence-corrected chi connectivity index (χ1v) is 6.01. The zero-order valence-corrected chi connectivity index (χ0v) is 11.3. The van der Waals surface area contributed by atoms with Crippen LogP contribution >= 0.6 is 11.6 Å². The number of hydrogen-bond donors (Lipinski definition) is 1. The Morgan fingerprint density at radius 3 is 2.35 bits per heavy atom. The molecule has 0 bridgehead atoms. The molecule has 0 fully saturated rings. The lowest BCUT2D eigenvalue weighted by molar-refractivity contribution is 0.0522. The van der Waals surface area contributed by atoms with E-state index >= 15 is 0 Å². The Kier molecular flexibility index (Phi) is 4.40. The van der Waals surface area contributed by atoms with Gasteiger partial charge >= 0.3 is 5.97 Å². The fraction of sp³-hybridized carbons (Fsp3) is 0.462. The van der Waals surface area contributed by atoms with Crippen molar-refractivity contribution in [2.24, 2.45) is 0 Å². The predicted molar refractivity (Wildman–Crippen MR) is 67.9 cm³/mol. The molecule has 0 aliphatic heterocycles. The molecule has 0 amide bonds. The number of phenolic OH excluding ortho intramolecular Hbond substituents is 1. The lowest BCUT2D eigenvalue weighted by atomic mass is 9.96. The van der Waals surface area contributed by atoms with Crippen molar-refractivity contribution in [3.8, 4) is 5.75 Å². The highest BCUT2D eigenvalue weighted by Crippen LogP contribution is 2.36. The molecule has 3 nitrogen and oxygen atoms in total. The minimum atomic E-state index is -0.529. The summed E-state index contributed by atoms with van der Waals surface area (Å²) in [4.78, 5) is 11.8. The Labute approximate surface area is 106 Å². The van der Waals surface area contributed by atoms with Crippen molar-refractivity contribution in [2.75, 3.05) is 6.61 Å². The van der Waals surface area contributed by atoms with Gasteiger partial charge in [0.15, 0.2) is 0 Å². The first kappa shape index (κ1) is 13.8. The highest BCUT2D eigenvalue weighted by molar-refractivity contribution is 6.32. The van der Waals surface area contributed by atoms with Gasteiger partial charge in [0.05, 0.1) is 6.61 Å². The van der Waals surface area contributed by atoms with Crippen LogP contribution in [0.25, 0.3) is 0 Å². The molecular weight excluding hydrogens is 240 g/mol. The molecule has 0 heterocycles. The van der Waals surface area contributed by atoms with Crippen molar-refractivity contribution in [1.82, 2.24) is 0 Å². The summed E-state index contributed by atoms with van der Waals surface area (Å²) >= 11 is 6.16. The van der Waals surface area contributed by atoms with E-state index in [0.29, 0.717) is 22.6 Å². The normalized spacial score (nSPS) is 10.4. The molecule has 0 aromatic heterocycles. The number of aromatic hydroxyl groups is 1. The largest absolute Gasteiger partial charge is 0.507 e. The second-order valence-electron chi connectivity index (χ2n) is 3.84. The number of halogens is 1. The smallest absolute Gasteiger partial charge is 0.342 e. The van der Waals surface area contributed by atoms with Crippen LogP contribution in [0.4, 0.5) is 0 Å². The first-order valence-electron chi connectivity index (χ1n) is 5.63. The predicted octanol–water partition coefficient (Wildman–Crippen LogP) is 3.40. The maximum absolute atomic E-state index is 11.8. The highest BCUT2D eigenvalue weighted by Gasteiger charge is 2.23. The van der Waals surface area contributed by atoms with Gasteiger partial charge in [-0.15, -0.1) is 0 Å². The summed E-state index contributed by atoms with van der Waals surface area (Å²) in [6.45, 7) is 7.44. The maximum Gasteiger partial charge on any atom is 0.342 e. The molecular formula is C13H17ClO3. The van der Waals surface area contributed by atoms with E-state index in [1.54, 1.807) is 13.8 Å². The Balaban J connectivity index is 3.50. The standard InChI is InChI=1S/C13H17ClO3/c1-5-9-7(3)11(14)8(4)10(12(9)15)13(16)17-6-2/h15H,5-6H2,1-4H3. The summed E-state index contributed by atoms with van der Waals surface area (Å²) in [6.07, 6.45) is 0.615. The number of phenols is 1. The molecule has 0 saturated carbocycles. The molecule has 1 N–H and O–H groups in total. The molecule has 0 saturated heterocycles. The van der Waals surface area contributed by atoms with Crippen molar-refractivity contribution in [1.29, 1.82) is 0 Å². The van der Waals surface area contributed by atoms with E-state index in [1.165, 1.54) is 0 Å². The average Bonchev–Trinajstić information content (AvgIpc) is 2.27. The van der Waals surface area contributed by atoms with Gasteiger partial charge in [0, 0.05) is 5.02 Å². The Morgan fingerprint density at radius 2 is 1.88 bits per heavy atom. The van der Waals surface area contributed by atoms with Crippen LogP contribution in [0.3, 0.4) is 0 Å². The van der Waals surface area contributed by atoms with E-state index in [0.717, 1.165) is 5.56 Å². The molecule has 0 aliphatic rings. The van der Waals surface area contributed by atoms with Crippen LogP contribution in [0.2, 0.25) is 5.02 Å². The van der Waals surface area contributed by atoms with Crippen molar-refractivity contribution < 1.29 is 14.6 Å². The molecule has 0 spiro atoms. The number of carbonyl (C=O) groups is 1. The van der Waals surface area contributed by atoms with E-state index in [1.807, 2.05) is 13.8 Å². The monoisotopic (exact) mass is 256 g/mol. The molecule has 1 rings (SSSR count). The SMILES string of the molecule is CCOC(=O)c1c(C)c(Cl)c(C)c(CC)c1O. The lowest BCUT2D eigenvalue weighted by Crippen LogP contribution is -2.09. The molecule has 4 heteroatoms. The number of benzene rings is 1. The summed E-state index contributed by atoms with van der Waals surface area (Å²) in [6, 6.07) is 0. The van der Waals surface area contributed by atoms with Gasteiger partial charge in [0.25, 0.3) is 0 Å². The number of esters is 1. The molecule has 94 valence electrons. The second-order valence-corrected chi connectivity index (χ2v) is 4.22. The summed E-state index contributed by atoms with van der Waals surface area (Å²) < 4.78 is 4.93. The Bertz CT molecular complexity index is 453. The van der Waals surface area contributed by atoms with Crippen molar-refractivity contribution in [3.63, 3.8) is 0 Å². The van der Waals surface area contributed by atoms with E-state index < -0.39 is 5.97 Å². The van der Waals surface area contributed by atoms with Gasteiger partial charge in [-0.1, -0.05) is 18.5 Å². The third-order valence-corrected chi connectivity index (χ3v) is 3.41. The van der Waals surface area contributed by atoms with E-state index in [9.17, 15) is 9.90 Å². The van der Waals surface area contributed by atoms with E-state index in [4.69, 9.17) is 16.3 Å². The summed E-state index contributed by atoms with van der Waals surface area (Å²) in [5.74, 6) is -0.538. The summed E-state index contributed by atoms with van der Waals surface area (Å²) in [7, 11) is 0. The van der Waals surface area contributed by atoms with Gasteiger partial charge in [0.2, 0.25) is 0 Å². The molecule has 0 unspecified atom stereocenters. The van der Waals surface area contributed by atoms with Crippen molar-refractivity contribution in [2.45, 2.75) is 34.1 Å². The molecule has 0 radical (unpaired) electrons. The van der Waals surface area contributed by atoms with Crippen LogP contribution in [0.5, 0.6) is 5.75 Å². The van der Waals surface area contributed by atoms with Gasteiger partial charge in [0.1, 0.15) is 11.3 Å². The average molecular weight is 257 g/mol. The number of hydrogen-bond acceptors (Lipinski definition) is 3. The topological polar surface area (TPSA) is 46.5 Å². The maximum atomic E-state index is 11.8. The fourth-order valence-electron chi connectivity index (χ4n) is 1.92. The Hall–Kier alpha value is -1.22. The van der Waals surface area contributed by atoms with E-state index in [2.05, 4.69) is 0 Å². The van der Waals surface area contributed by atoms with Crippen LogP contribution in [-0.2, 0) is 11.2 Å². The zero-order valence-electron chi connectivity index (χ0n) is 10.6. The number of carbonyl (C=O) groups excluding carboxylic acids is 1. The van der Waals surface area contributed by atoms with Gasteiger partial charge in [-0.3, -0.25) is 0 Å². The third-order valence-electron chi connectivity index (χ3n) is 2.84. The van der Waals surface area contributed by atoms with Gasteiger partial charge in [-0.05, 0) is 43.9 Å². The molecule has 0 atom stereocenters. The lowest BCUT2D eigenvalue weighted by Gasteiger charge is -2.16. The quantitative estimate of drug-likeness (QED) is 0.843. The summed E-state index contributed by atoms with van der Waals surface area (Å²) in [5, 5.41) is 10.6. The number of rotatable bonds is 3. The molecule has 17 heavy (non-hydrogen) atoms. The third kappa shape index (κ3) is 2.39. The van der Waals surface area contributed by atoms with Crippen molar-refractivity contribution in [3.05, 3.63) is 27.3 Å². The highest BCUT2D eigenvalue weighted by atomic mass is 35.5. The van der Waals surface area contributed by atoms with E-state index in [-0.39, 0.29) is 17.9 Å². The van der Waals surface area contributed by atoms with Crippen LogP contribution in [-0.4, -0.2) is 17.7 Å². The number of ether oxygens (including phenoxy) is 1. The van der Waals surface area contributed by atoms with Crippen LogP contribution < -0.4 is 0 Å². The minimum absolute atomic E-state index is 0.00894. The van der Waals surface area contributed by atoms with Crippen LogP contribution in [0, 0.1) is 13.8 Å². The van der Waals surface area contributed by atoms with Crippen LogP contribution in [0.1, 0.15) is 40.9 Å². The zero-order chi connectivity index (χ0) is 13.2. The minimum Gasteiger partial charge on any atom is -0.507 e. The molecule has 0 aliphatic carbocycles. The van der Waals surface area contributed by atoms with Gasteiger partial charge in [-0.2, -0.15) is 0 Å². The fourth-order valence-corrected chi connectivity index (χ4v) is 2.12. The van der Waals surface area contributed by atoms with Crippen LogP contribution in [0.15, 0.2) is 0 Å². The Morgan fingerprint density at radius 1 is 1.29 bits per heavy atom. The summed E-state index contributed by atoms with van der Waals surface area (Å²) in [5.41, 5.74) is 2.26. The molecule has 1 aromatic rings. The first-order chi connectivity index (χ1) is 7.95. The van der Waals surface area contributed by atoms with Gasteiger partial charge in [-0.25, -0.2) is 4.79 Å². The molecule has 1 aromatic carbocycles. The second kappa shape index (κ2) is 5.41. The van der Waals surface area contributed by atoms with Gasteiger partial charge < -0.3 is 9.84 Å². The van der Waals surface area contributed by atoms with Crippen molar-refractivity contribution >= 4 is 17.6 Å².